The number of thioether (sulfide) groups is 1. The number of nitrogens with one attached hydrogen (secondary N) is 1. The van der Waals surface area contributed by atoms with Crippen LogP contribution in [0.2, 0.25) is 0 Å². The van der Waals surface area contributed by atoms with Crippen molar-refractivity contribution in [1.82, 2.24) is 15.3 Å². The van der Waals surface area contributed by atoms with E-state index in [9.17, 15) is 9.90 Å². The maximum atomic E-state index is 12.0. The highest BCUT2D eigenvalue weighted by Gasteiger charge is 2.38. The van der Waals surface area contributed by atoms with Crippen LogP contribution in [0.15, 0.2) is 109 Å². The van der Waals surface area contributed by atoms with Gasteiger partial charge >= 0.3 is 6.09 Å². The Morgan fingerprint density at radius 3 is 2.44 bits per heavy atom. The normalized spacial score (nSPS) is 19.9. The summed E-state index contributed by atoms with van der Waals surface area (Å²) in [7, 11) is 0. The third kappa shape index (κ3) is 7.88. The van der Waals surface area contributed by atoms with E-state index in [0.29, 0.717) is 17.5 Å². The number of ether oxygens (including phenoxy) is 3. The molecular formula is C34H35N3O5S. The van der Waals surface area contributed by atoms with Crippen LogP contribution in [0.25, 0.3) is 11.1 Å². The van der Waals surface area contributed by atoms with E-state index >= 15 is 0 Å². The largest absolute Gasteiger partial charge is 0.445 e. The molecule has 9 heteroatoms. The van der Waals surface area contributed by atoms with Gasteiger partial charge in [0.15, 0.2) is 11.4 Å². The lowest BCUT2D eigenvalue weighted by molar-refractivity contribution is -0.268. The quantitative estimate of drug-likeness (QED) is 0.113. The zero-order valence-corrected chi connectivity index (χ0v) is 24.8. The van der Waals surface area contributed by atoms with Gasteiger partial charge in [-0.1, -0.05) is 104 Å². The standard InChI is InChI=1S/C34H35N3O5S/c1-3-19-40-34(39)37-20-28-7-4-5-8-29(28)25-13-15-27(16-14-25)32-41-30(22-43-33-35-17-6-18-36-33)23(2)31(42-32)26-11-9-24(21-38)10-12-26/h3-18,23,30-32,38H,1,19-22H2,2H3,(H,37,39). The SMILES string of the molecule is C=CCOC(=O)NCc1ccccc1-c1ccc(C2OC(CSc3ncccn3)C(C)C(c3ccc(CO)cc3)O2)cc1. The summed E-state index contributed by atoms with van der Waals surface area (Å²) < 4.78 is 18.2. The van der Waals surface area contributed by atoms with Crippen molar-refractivity contribution in [2.45, 2.75) is 43.7 Å². The van der Waals surface area contributed by atoms with Crippen molar-refractivity contribution in [3.63, 3.8) is 0 Å². The van der Waals surface area contributed by atoms with Crippen LogP contribution < -0.4 is 5.32 Å². The van der Waals surface area contributed by atoms with E-state index in [0.717, 1.165) is 33.4 Å². The second kappa shape index (κ2) is 14.9. The van der Waals surface area contributed by atoms with E-state index in [-0.39, 0.29) is 31.3 Å². The van der Waals surface area contributed by atoms with Gasteiger partial charge in [0.25, 0.3) is 0 Å². The summed E-state index contributed by atoms with van der Waals surface area (Å²) in [5, 5.41) is 13.0. The minimum Gasteiger partial charge on any atom is -0.445 e. The van der Waals surface area contributed by atoms with E-state index in [1.165, 1.54) is 6.08 Å². The number of carbonyl (C=O) groups excluding carboxylic acids is 1. The minimum atomic E-state index is -0.577. The Balaban J connectivity index is 1.35. The first-order valence-corrected chi connectivity index (χ1v) is 15.1. The monoisotopic (exact) mass is 597 g/mol. The number of alkyl carbamates (subject to hydrolysis) is 1. The molecule has 2 N–H and O–H groups in total. The molecule has 0 spiro atoms. The summed E-state index contributed by atoms with van der Waals surface area (Å²) in [5.74, 6) is 0.730. The molecule has 4 atom stereocenters. The zero-order chi connectivity index (χ0) is 30.0. The summed E-state index contributed by atoms with van der Waals surface area (Å²) in [6.45, 7) is 6.19. The number of hydrogen-bond donors (Lipinski definition) is 2. The highest BCUT2D eigenvalue weighted by molar-refractivity contribution is 7.99. The Bertz CT molecular complexity index is 1480. The third-order valence-corrected chi connectivity index (χ3v) is 8.27. The van der Waals surface area contributed by atoms with Crippen LogP contribution in [-0.4, -0.2) is 39.6 Å². The smallest absolute Gasteiger partial charge is 0.407 e. The number of nitrogens with zero attached hydrogens (tertiary/aromatic N) is 2. The van der Waals surface area contributed by atoms with Crippen LogP contribution in [0.1, 0.15) is 41.6 Å². The van der Waals surface area contributed by atoms with Gasteiger partial charge in [-0.3, -0.25) is 0 Å². The molecule has 0 aliphatic carbocycles. The van der Waals surface area contributed by atoms with Crippen LogP contribution in [0.4, 0.5) is 4.79 Å². The topological polar surface area (TPSA) is 103 Å². The van der Waals surface area contributed by atoms with Gasteiger partial charge in [-0.2, -0.15) is 0 Å². The Morgan fingerprint density at radius 1 is 1.00 bits per heavy atom. The Morgan fingerprint density at radius 2 is 1.72 bits per heavy atom. The maximum Gasteiger partial charge on any atom is 0.407 e. The van der Waals surface area contributed by atoms with Crippen molar-refractivity contribution < 1.29 is 24.1 Å². The molecule has 3 aromatic carbocycles. The van der Waals surface area contributed by atoms with Crippen LogP contribution >= 0.6 is 11.8 Å². The van der Waals surface area contributed by atoms with Gasteiger partial charge in [-0.05, 0) is 33.9 Å². The molecule has 1 fully saturated rings. The average molecular weight is 598 g/mol. The van der Waals surface area contributed by atoms with Gasteiger partial charge < -0.3 is 24.6 Å². The summed E-state index contributed by atoms with van der Waals surface area (Å²) in [6.07, 6.45) is 3.61. The van der Waals surface area contributed by atoms with Crippen LogP contribution in [-0.2, 0) is 27.4 Å². The number of hydrogen-bond acceptors (Lipinski definition) is 8. The molecule has 5 rings (SSSR count). The van der Waals surface area contributed by atoms with Crippen LogP contribution in [0.5, 0.6) is 0 Å². The Labute approximate surface area is 256 Å². The molecule has 1 saturated heterocycles. The number of aliphatic hydroxyl groups excluding tert-OH is 1. The molecule has 0 bridgehead atoms. The molecule has 43 heavy (non-hydrogen) atoms. The lowest BCUT2D eigenvalue weighted by atomic mass is 9.91. The number of rotatable bonds is 11. The molecule has 8 nitrogen and oxygen atoms in total. The van der Waals surface area contributed by atoms with Gasteiger partial charge in [0.05, 0.1) is 18.8 Å². The van der Waals surface area contributed by atoms with E-state index in [1.54, 1.807) is 30.2 Å². The van der Waals surface area contributed by atoms with E-state index in [4.69, 9.17) is 14.2 Å². The van der Waals surface area contributed by atoms with E-state index in [1.807, 2.05) is 72.8 Å². The number of aromatic nitrogens is 2. The Kier molecular flexibility index (Phi) is 10.6. The molecule has 1 amide bonds. The molecule has 1 aromatic heterocycles. The second-order valence-corrected chi connectivity index (χ2v) is 11.2. The number of carbonyl (C=O) groups is 1. The molecule has 1 aliphatic rings. The van der Waals surface area contributed by atoms with Crippen molar-refractivity contribution in [2.24, 2.45) is 5.92 Å². The van der Waals surface area contributed by atoms with Crippen LogP contribution in [0, 0.1) is 5.92 Å². The fourth-order valence-corrected chi connectivity index (χ4v) is 5.92. The summed E-state index contributed by atoms with van der Waals surface area (Å²) in [4.78, 5) is 20.7. The first kappa shape index (κ1) is 30.4. The third-order valence-electron chi connectivity index (χ3n) is 7.31. The lowest BCUT2D eigenvalue weighted by Crippen LogP contribution is -2.38. The predicted octanol–water partition coefficient (Wildman–Crippen LogP) is 6.63. The minimum absolute atomic E-state index is 0.00558. The predicted molar refractivity (Wildman–Crippen MR) is 166 cm³/mol. The highest BCUT2D eigenvalue weighted by Crippen LogP contribution is 2.43. The first-order valence-electron chi connectivity index (χ1n) is 14.2. The van der Waals surface area contributed by atoms with Gasteiger partial charge in [-0.15, -0.1) is 0 Å². The van der Waals surface area contributed by atoms with Gasteiger partial charge in [0, 0.05) is 36.2 Å². The van der Waals surface area contributed by atoms with Gasteiger partial charge in [0.2, 0.25) is 0 Å². The molecule has 222 valence electrons. The van der Waals surface area contributed by atoms with Crippen molar-refractivity contribution in [3.8, 4) is 11.1 Å². The summed E-state index contributed by atoms with van der Waals surface area (Å²) in [5.41, 5.74) is 5.78. The van der Waals surface area contributed by atoms with Crippen molar-refractivity contribution in [3.05, 3.63) is 126 Å². The number of aliphatic hydroxyl groups is 1. The fourth-order valence-electron chi connectivity index (χ4n) is 4.96. The van der Waals surface area contributed by atoms with Crippen molar-refractivity contribution in [1.29, 1.82) is 0 Å². The maximum absolute atomic E-state index is 12.0. The molecule has 0 saturated carbocycles. The lowest BCUT2D eigenvalue weighted by Gasteiger charge is -2.41. The van der Waals surface area contributed by atoms with E-state index < -0.39 is 12.4 Å². The number of amides is 1. The van der Waals surface area contributed by atoms with Crippen molar-refractivity contribution in [2.75, 3.05) is 12.4 Å². The van der Waals surface area contributed by atoms with Gasteiger partial charge in [0.1, 0.15) is 6.61 Å². The summed E-state index contributed by atoms with van der Waals surface area (Å²) >= 11 is 1.56. The Hall–Kier alpha value is -4.02. The van der Waals surface area contributed by atoms with E-state index in [2.05, 4.69) is 28.8 Å². The van der Waals surface area contributed by atoms with Gasteiger partial charge in [-0.25, -0.2) is 14.8 Å². The molecule has 0 radical (unpaired) electrons. The zero-order valence-electron chi connectivity index (χ0n) is 24.0. The molecular weight excluding hydrogens is 562 g/mol. The first-order chi connectivity index (χ1) is 21.1. The average Bonchev–Trinajstić information content (AvgIpc) is 3.06. The molecule has 4 aromatic rings. The summed E-state index contributed by atoms with van der Waals surface area (Å²) in [6, 6.07) is 25.8. The highest BCUT2D eigenvalue weighted by atomic mass is 32.2. The fraction of sp³-hybridized carbons (Fsp3) is 0.265. The molecule has 2 heterocycles. The second-order valence-electron chi connectivity index (χ2n) is 10.2. The molecule has 1 aliphatic heterocycles. The van der Waals surface area contributed by atoms with Crippen molar-refractivity contribution >= 4 is 17.9 Å². The number of benzene rings is 3. The van der Waals surface area contributed by atoms with Crippen LogP contribution in [0.3, 0.4) is 0 Å². The molecule has 4 unspecified atom stereocenters.